The number of rotatable bonds is 4. The molecule has 2 N–H and O–H groups in total. The summed E-state index contributed by atoms with van der Waals surface area (Å²) < 4.78 is 40.3. The third-order valence-corrected chi connectivity index (χ3v) is 6.85. The van der Waals surface area contributed by atoms with Crippen LogP contribution in [-0.4, -0.2) is 50.9 Å². The number of hydrogen-bond acceptors (Lipinski definition) is 4. The van der Waals surface area contributed by atoms with Crippen LogP contribution in [0.15, 0.2) is 29.2 Å². The van der Waals surface area contributed by atoms with Crippen LogP contribution in [-0.2, 0) is 14.8 Å². The van der Waals surface area contributed by atoms with Gasteiger partial charge >= 0.3 is 0 Å². The minimum Gasteiger partial charge on any atom is -0.352 e. The van der Waals surface area contributed by atoms with Crippen molar-refractivity contribution < 1.29 is 17.6 Å². The molecule has 1 amide bonds. The van der Waals surface area contributed by atoms with Gasteiger partial charge in [0.1, 0.15) is 10.7 Å². The average Bonchev–Trinajstić information content (AvgIpc) is 2.63. The van der Waals surface area contributed by atoms with Gasteiger partial charge in [-0.25, -0.2) is 12.8 Å². The Hall–Kier alpha value is -1.51. The van der Waals surface area contributed by atoms with Crippen molar-refractivity contribution in [3.63, 3.8) is 0 Å². The van der Waals surface area contributed by atoms with Crippen LogP contribution in [0.1, 0.15) is 25.7 Å². The number of piperidine rings is 2. The average molecular weight is 369 g/mol. The van der Waals surface area contributed by atoms with E-state index in [1.807, 2.05) is 0 Å². The number of hydrogen-bond donors (Lipinski definition) is 2. The van der Waals surface area contributed by atoms with Crippen LogP contribution in [0.2, 0.25) is 0 Å². The number of sulfonamides is 1. The Morgan fingerprint density at radius 1 is 1.20 bits per heavy atom. The van der Waals surface area contributed by atoms with E-state index in [0.717, 1.165) is 32.0 Å². The molecule has 0 aromatic heterocycles. The monoisotopic (exact) mass is 369 g/mol. The van der Waals surface area contributed by atoms with Crippen LogP contribution < -0.4 is 10.6 Å². The summed E-state index contributed by atoms with van der Waals surface area (Å²) in [5.41, 5.74) is 0. The van der Waals surface area contributed by atoms with E-state index >= 15 is 0 Å². The molecule has 1 atom stereocenters. The lowest BCUT2D eigenvalue weighted by atomic mass is 9.96. The summed E-state index contributed by atoms with van der Waals surface area (Å²) in [7, 11) is -3.85. The van der Waals surface area contributed by atoms with Crippen LogP contribution in [0.4, 0.5) is 4.39 Å². The summed E-state index contributed by atoms with van der Waals surface area (Å²) in [5.74, 6) is -0.933. The molecule has 8 heteroatoms. The molecule has 0 aliphatic carbocycles. The number of amides is 1. The standard InChI is InChI=1S/C17H24FN3O3S/c18-15-5-1-2-6-16(15)25(23,24)21-10-7-13(8-11-21)17(22)20-14-4-3-9-19-12-14/h1-2,5-6,13-14,19H,3-4,7-12H2,(H,20,22)/t14-/m0/s1. The van der Waals surface area contributed by atoms with Gasteiger partial charge in [0, 0.05) is 31.6 Å². The van der Waals surface area contributed by atoms with Crippen LogP contribution in [0, 0.1) is 11.7 Å². The van der Waals surface area contributed by atoms with Crippen LogP contribution in [0.25, 0.3) is 0 Å². The van der Waals surface area contributed by atoms with Gasteiger partial charge in [-0.1, -0.05) is 12.1 Å². The molecule has 138 valence electrons. The zero-order valence-electron chi connectivity index (χ0n) is 14.1. The minimum atomic E-state index is -3.85. The molecular weight excluding hydrogens is 345 g/mol. The zero-order valence-corrected chi connectivity index (χ0v) is 14.9. The normalized spacial score (nSPS) is 23.3. The highest BCUT2D eigenvalue weighted by Crippen LogP contribution is 2.25. The van der Waals surface area contributed by atoms with Crippen LogP contribution in [0.5, 0.6) is 0 Å². The van der Waals surface area contributed by atoms with Crippen molar-refractivity contribution in [1.82, 2.24) is 14.9 Å². The number of carbonyl (C=O) groups excluding carboxylic acids is 1. The SMILES string of the molecule is O=C(N[C@H]1CCCNC1)C1CCN(S(=O)(=O)c2ccccc2F)CC1. The first-order valence-electron chi connectivity index (χ1n) is 8.74. The molecule has 25 heavy (non-hydrogen) atoms. The van der Waals surface area contributed by atoms with E-state index in [-0.39, 0.29) is 35.9 Å². The molecule has 2 saturated heterocycles. The first-order chi connectivity index (χ1) is 12.0. The second-order valence-electron chi connectivity index (χ2n) is 6.66. The molecule has 2 aliphatic rings. The lowest BCUT2D eigenvalue weighted by Crippen LogP contribution is -2.49. The molecule has 0 spiro atoms. The number of benzene rings is 1. The van der Waals surface area contributed by atoms with Gasteiger partial charge in [0.15, 0.2) is 0 Å². The summed E-state index contributed by atoms with van der Waals surface area (Å²) in [5, 5.41) is 6.31. The minimum absolute atomic E-state index is 0.00311. The first kappa shape index (κ1) is 18.3. The summed E-state index contributed by atoms with van der Waals surface area (Å²) in [6.07, 6.45) is 2.93. The highest BCUT2D eigenvalue weighted by molar-refractivity contribution is 7.89. The Bertz CT molecular complexity index is 712. The lowest BCUT2D eigenvalue weighted by Gasteiger charge is -2.32. The van der Waals surface area contributed by atoms with Gasteiger partial charge < -0.3 is 10.6 Å². The summed E-state index contributed by atoms with van der Waals surface area (Å²) in [6.45, 7) is 2.24. The van der Waals surface area contributed by atoms with E-state index in [1.165, 1.54) is 22.5 Å². The Morgan fingerprint density at radius 3 is 2.56 bits per heavy atom. The van der Waals surface area contributed by atoms with Gasteiger partial charge in [0.25, 0.3) is 0 Å². The molecule has 2 fully saturated rings. The van der Waals surface area contributed by atoms with Gasteiger partial charge in [-0.2, -0.15) is 4.31 Å². The molecule has 6 nitrogen and oxygen atoms in total. The van der Waals surface area contributed by atoms with Crippen molar-refractivity contribution >= 4 is 15.9 Å². The first-order valence-corrected chi connectivity index (χ1v) is 10.2. The van der Waals surface area contributed by atoms with E-state index in [4.69, 9.17) is 0 Å². The van der Waals surface area contributed by atoms with Gasteiger partial charge in [-0.15, -0.1) is 0 Å². The molecule has 0 radical (unpaired) electrons. The fraction of sp³-hybridized carbons (Fsp3) is 0.588. The van der Waals surface area contributed by atoms with E-state index < -0.39 is 15.8 Å². The molecule has 0 unspecified atom stereocenters. The molecular formula is C17H24FN3O3S. The number of halogens is 1. The third-order valence-electron chi connectivity index (χ3n) is 4.92. The van der Waals surface area contributed by atoms with Gasteiger partial charge in [0.2, 0.25) is 15.9 Å². The number of nitrogens with zero attached hydrogens (tertiary/aromatic N) is 1. The molecule has 3 rings (SSSR count). The smallest absolute Gasteiger partial charge is 0.245 e. The highest BCUT2D eigenvalue weighted by atomic mass is 32.2. The largest absolute Gasteiger partial charge is 0.352 e. The topological polar surface area (TPSA) is 78.5 Å². The number of carbonyl (C=O) groups is 1. The summed E-state index contributed by atoms with van der Waals surface area (Å²) in [6, 6.07) is 5.55. The quantitative estimate of drug-likeness (QED) is 0.833. The molecule has 2 aliphatic heterocycles. The van der Waals surface area contributed by atoms with Crippen molar-refractivity contribution in [2.75, 3.05) is 26.2 Å². The second kappa shape index (κ2) is 7.80. The predicted molar refractivity (Wildman–Crippen MR) is 91.9 cm³/mol. The Labute approximate surface area is 147 Å². The van der Waals surface area contributed by atoms with E-state index in [1.54, 1.807) is 0 Å². The van der Waals surface area contributed by atoms with Gasteiger partial charge in [-0.05, 0) is 44.4 Å². The number of nitrogens with one attached hydrogen (secondary N) is 2. The Morgan fingerprint density at radius 2 is 1.92 bits per heavy atom. The van der Waals surface area contributed by atoms with Crippen LogP contribution >= 0.6 is 0 Å². The maximum absolute atomic E-state index is 13.8. The van der Waals surface area contributed by atoms with Crippen molar-refractivity contribution in [3.05, 3.63) is 30.1 Å². The van der Waals surface area contributed by atoms with Crippen molar-refractivity contribution in [2.45, 2.75) is 36.6 Å². The maximum Gasteiger partial charge on any atom is 0.245 e. The van der Waals surface area contributed by atoms with Crippen molar-refractivity contribution in [1.29, 1.82) is 0 Å². The summed E-state index contributed by atoms with van der Waals surface area (Å²) in [4.78, 5) is 12.1. The third kappa shape index (κ3) is 4.19. The van der Waals surface area contributed by atoms with E-state index in [2.05, 4.69) is 10.6 Å². The Kier molecular flexibility index (Phi) is 5.71. The fourth-order valence-electron chi connectivity index (χ4n) is 3.45. The van der Waals surface area contributed by atoms with Crippen molar-refractivity contribution in [2.24, 2.45) is 5.92 Å². The second-order valence-corrected chi connectivity index (χ2v) is 8.57. The van der Waals surface area contributed by atoms with Gasteiger partial charge in [0.05, 0.1) is 0 Å². The molecule has 2 heterocycles. The van der Waals surface area contributed by atoms with Crippen LogP contribution in [0.3, 0.4) is 0 Å². The molecule has 1 aromatic carbocycles. The summed E-state index contributed by atoms with van der Waals surface area (Å²) >= 11 is 0. The molecule has 0 saturated carbocycles. The van der Waals surface area contributed by atoms with Gasteiger partial charge in [-0.3, -0.25) is 4.79 Å². The maximum atomic E-state index is 13.8. The Balaban J connectivity index is 1.58. The fourth-order valence-corrected chi connectivity index (χ4v) is 4.98. The molecule has 1 aromatic rings. The highest BCUT2D eigenvalue weighted by Gasteiger charge is 2.33. The zero-order chi connectivity index (χ0) is 17.9. The van der Waals surface area contributed by atoms with E-state index in [9.17, 15) is 17.6 Å². The predicted octanol–water partition coefficient (Wildman–Crippen LogP) is 1.09. The lowest BCUT2D eigenvalue weighted by molar-refractivity contribution is -0.126. The molecule has 0 bridgehead atoms. The van der Waals surface area contributed by atoms with E-state index in [0.29, 0.717) is 12.8 Å². The van der Waals surface area contributed by atoms with Crippen molar-refractivity contribution in [3.8, 4) is 0 Å².